The number of piperidine rings is 1. The highest BCUT2D eigenvalue weighted by Gasteiger charge is 2.36. The molecule has 0 saturated carbocycles. The fraction of sp³-hybridized carbons (Fsp3) is 0.458. The van der Waals surface area contributed by atoms with Crippen molar-refractivity contribution >= 4 is 23.2 Å². The number of amides is 1. The molecule has 2 saturated heterocycles. The van der Waals surface area contributed by atoms with Gasteiger partial charge in [-0.1, -0.05) is 11.6 Å². The van der Waals surface area contributed by atoms with E-state index in [1.54, 1.807) is 9.42 Å². The van der Waals surface area contributed by atoms with Crippen LogP contribution in [0.5, 0.6) is 5.75 Å². The van der Waals surface area contributed by atoms with Crippen molar-refractivity contribution in [2.75, 3.05) is 0 Å². The number of benzene rings is 1. The molecule has 2 aromatic heterocycles. The van der Waals surface area contributed by atoms with Gasteiger partial charge in [0.1, 0.15) is 17.7 Å². The molecule has 2 fully saturated rings. The molecule has 1 aromatic carbocycles. The Kier molecular flexibility index (Phi) is 4.85. The molecule has 3 aromatic rings. The molecule has 0 radical (unpaired) electrons. The van der Waals surface area contributed by atoms with E-state index in [0.29, 0.717) is 41.5 Å². The first-order chi connectivity index (χ1) is 15.9. The third kappa shape index (κ3) is 3.47. The summed E-state index contributed by atoms with van der Waals surface area (Å²) in [5.41, 5.74) is 4.40. The molecule has 3 aliphatic rings. The Morgan fingerprint density at radius 1 is 1.21 bits per heavy atom. The Bertz CT molecular complexity index is 1280. The number of carbonyl (C=O) groups is 1. The van der Waals surface area contributed by atoms with E-state index in [9.17, 15) is 9.18 Å². The number of aryl methyl sites for hydroxylation is 2. The van der Waals surface area contributed by atoms with Crippen LogP contribution in [-0.2, 0) is 13.1 Å². The van der Waals surface area contributed by atoms with Crippen molar-refractivity contribution in [1.82, 2.24) is 24.8 Å². The van der Waals surface area contributed by atoms with Gasteiger partial charge in [0, 0.05) is 23.7 Å². The van der Waals surface area contributed by atoms with E-state index in [1.807, 2.05) is 13.8 Å². The first-order valence-electron chi connectivity index (χ1n) is 11.4. The minimum absolute atomic E-state index is 0.0167. The van der Waals surface area contributed by atoms with Gasteiger partial charge in [-0.05, 0) is 51.7 Å². The third-order valence-electron chi connectivity index (χ3n) is 7.14. The van der Waals surface area contributed by atoms with Crippen LogP contribution >= 0.6 is 11.6 Å². The van der Waals surface area contributed by atoms with Gasteiger partial charge < -0.3 is 15.0 Å². The summed E-state index contributed by atoms with van der Waals surface area (Å²) in [4.78, 5) is 19.8. The van der Waals surface area contributed by atoms with Crippen LogP contribution < -0.4 is 10.1 Å². The normalized spacial score (nSPS) is 23.9. The SMILES string of the molecule is Cc1nc2c3c(nn2c(C)c1Cl)CN(C(=O)c1ccc(F)cc1OC1CC2CC[C@H](C1)N2)C3. The molecule has 1 amide bonds. The average Bonchev–Trinajstić information content (AvgIpc) is 3.45. The molecule has 3 atom stereocenters. The second kappa shape index (κ2) is 7.67. The van der Waals surface area contributed by atoms with Gasteiger partial charge >= 0.3 is 0 Å². The highest BCUT2D eigenvalue weighted by molar-refractivity contribution is 6.31. The lowest BCUT2D eigenvalue weighted by atomic mass is 10.0. The number of carbonyl (C=O) groups excluding carboxylic acids is 1. The number of nitrogens with zero attached hydrogens (tertiary/aromatic N) is 4. The van der Waals surface area contributed by atoms with Crippen molar-refractivity contribution in [3.63, 3.8) is 0 Å². The maximum absolute atomic E-state index is 14.1. The maximum Gasteiger partial charge on any atom is 0.258 e. The number of nitrogens with one attached hydrogen (secondary N) is 1. The minimum atomic E-state index is -0.409. The van der Waals surface area contributed by atoms with Gasteiger partial charge in [0.2, 0.25) is 0 Å². The minimum Gasteiger partial charge on any atom is -0.489 e. The van der Waals surface area contributed by atoms with Gasteiger partial charge in [-0.3, -0.25) is 4.79 Å². The van der Waals surface area contributed by atoms with E-state index in [0.717, 1.165) is 54.0 Å². The van der Waals surface area contributed by atoms with Crippen molar-refractivity contribution in [3.05, 3.63) is 57.2 Å². The van der Waals surface area contributed by atoms with Gasteiger partial charge in [0.25, 0.3) is 5.91 Å². The largest absolute Gasteiger partial charge is 0.489 e. The molecule has 0 aliphatic carbocycles. The van der Waals surface area contributed by atoms with E-state index in [4.69, 9.17) is 16.3 Å². The number of rotatable bonds is 3. The number of halogens is 2. The van der Waals surface area contributed by atoms with E-state index in [-0.39, 0.29) is 12.0 Å². The molecule has 33 heavy (non-hydrogen) atoms. The number of fused-ring (bicyclic) bond motifs is 5. The van der Waals surface area contributed by atoms with Crippen LogP contribution in [0.15, 0.2) is 18.2 Å². The average molecular weight is 470 g/mol. The second-order valence-electron chi connectivity index (χ2n) is 9.41. The summed E-state index contributed by atoms with van der Waals surface area (Å²) in [7, 11) is 0. The molecule has 9 heteroatoms. The summed E-state index contributed by atoms with van der Waals surface area (Å²) in [6.07, 6.45) is 4.02. The molecule has 5 heterocycles. The van der Waals surface area contributed by atoms with Crippen molar-refractivity contribution in [3.8, 4) is 5.75 Å². The molecule has 172 valence electrons. The first-order valence-corrected chi connectivity index (χ1v) is 11.8. The predicted molar refractivity (Wildman–Crippen MR) is 121 cm³/mol. The highest BCUT2D eigenvalue weighted by Crippen LogP contribution is 2.34. The zero-order valence-electron chi connectivity index (χ0n) is 18.6. The summed E-state index contributed by atoms with van der Waals surface area (Å²) >= 11 is 6.33. The van der Waals surface area contributed by atoms with Crippen LogP contribution in [0.1, 0.15) is 58.7 Å². The van der Waals surface area contributed by atoms with Crippen molar-refractivity contribution < 1.29 is 13.9 Å². The maximum atomic E-state index is 14.1. The van der Waals surface area contributed by atoms with E-state index in [1.165, 1.54) is 18.2 Å². The smallest absolute Gasteiger partial charge is 0.258 e. The third-order valence-corrected chi connectivity index (χ3v) is 7.69. The fourth-order valence-electron chi connectivity index (χ4n) is 5.48. The van der Waals surface area contributed by atoms with Crippen LogP contribution in [0.25, 0.3) is 5.65 Å². The Morgan fingerprint density at radius 2 is 1.97 bits per heavy atom. The molecule has 7 nitrogen and oxygen atoms in total. The first kappa shape index (κ1) is 20.9. The van der Waals surface area contributed by atoms with Crippen molar-refractivity contribution in [2.24, 2.45) is 0 Å². The van der Waals surface area contributed by atoms with E-state index < -0.39 is 5.82 Å². The quantitative estimate of drug-likeness (QED) is 0.628. The summed E-state index contributed by atoms with van der Waals surface area (Å²) in [5.74, 6) is -0.282. The van der Waals surface area contributed by atoms with Crippen molar-refractivity contribution in [1.29, 1.82) is 0 Å². The molecular formula is C24H25ClFN5O2. The Hall–Kier alpha value is -2.71. The molecule has 6 rings (SSSR count). The van der Waals surface area contributed by atoms with Crippen LogP contribution in [0.2, 0.25) is 5.02 Å². The van der Waals surface area contributed by atoms with Crippen LogP contribution in [-0.4, -0.2) is 43.6 Å². The van der Waals surface area contributed by atoms with Crippen molar-refractivity contribution in [2.45, 2.75) is 70.8 Å². The zero-order chi connectivity index (χ0) is 22.9. The molecule has 3 aliphatic heterocycles. The Balaban J connectivity index is 1.27. The summed E-state index contributed by atoms with van der Waals surface area (Å²) in [6, 6.07) is 5.06. The molecule has 2 unspecified atom stereocenters. The highest BCUT2D eigenvalue weighted by atomic mass is 35.5. The van der Waals surface area contributed by atoms with Gasteiger partial charge in [0.15, 0.2) is 5.65 Å². The van der Waals surface area contributed by atoms with E-state index in [2.05, 4.69) is 15.4 Å². The topological polar surface area (TPSA) is 71.8 Å². The van der Waals surface area contributed by atoms with Gasteiger partial charge in [-0.25, -0.2) is 13.9 Å². The number of hydrogen-bond acceptors (Lipinski definition) is 5. The van der Waals surface area contributed by atoms with Crippen LogP contribution in [0, 0.1) is 19.7 Å². The molecule has 1 N–H and O–H groups in total. The van der Waals surface area contributed by atoms with E-state index >= 15 is 0 Å². The lowest BCUT2D eigenvalue weighted by molar-refractivity contribution is 0.0737. The lowest BCUT2D eigenvalue weighted by Gasteiger charge is -2.30. The van der Waals surface area contributed by atoms with Gasteiger partial charge in [-0.15, -0.1) is 0 Å². The predicted octanol–water partition coefficient (Wildman–Crippen LogP) is 3.96. The standard InChI is InChI=1S/C24H25ClFN5O2/c1-12-22(25)13(2)31-23(27-12)19-10-30(11-20(19)29-31)24(32)18-6-3-14(26)7-21(18)33-17-8-15-4-5-16(9-17)28-15/h3,6-7,15-17,28H,4-5,8-11H2,1-2H3/t15-,16?,17?/m1/s1. The van der Waals surface area contributed by atoms with Crippen LogP contribution in [0.3, 0.4) is 0 Å². The van der Waals surface area contributed by atoms with Gasteiger partial charge in [0.05, 0.1) is 40.8 Å². The fourth-order valence-corrected chi connectivity index (χ4v) is 5.60. The van der Waals surface area contributed by atoms with Crippen LogP contribution in [0.4, 0.5) is 4.39 Å². The Morgan fingerprint density at radius 3 is 2.73 bits per heavy atom. The summed E-state index contributed by atoms with van der Waals surface area (Å²) in [5, 5.41) is 8.83. The molecule has 0 spiro atoms. The zero-order valence-corrected chi connectivity index (χ0v) is 19.3. The number of aromatic nitrogens is 3. The lowest BCUT2D eigenvalue weighted by Crippen LogP contribution is -2.42. The second-order valence-corrected chi connectivity index (χ2v) is 9.79. The van der Waals surface area contributed by atoms with Gasteiger partial charge in [-0.2, -0.15) is 5.10 Å². The summed E-state index contributed by atoms with van der Waals surface area (Å²) < 4.78 is 22.1. The molecular weight excluding hydrogens is 445 g/mol. The number of ether oxygens (including phenoxy) is 1. The Labute approximate surface area is 195 Å². The molecule has 2 bridgehead atoms. The summed E-state index contributed by atoms with van der Waals surface area (Å²) in [6.45, 7) is 4.52. The number of hydrogen-bond donors (Lipinski definition) is 1. The monoisotopic (exact) mass is 469 g/mol.